The number of rotatable bonds is 10. The van der Waals surface area contributed by atoms with E-state index in [1.807, 2.05) is 63.1 Å². The van der Waals surface area contributed by atoms with Crippen molar-refractivity contribution >= 4 is 22.9 Å². The SMILES string of the molecule is C=C/C=C\C(=C(C)C)c1ccc(C2=CC3=CNC(C)=NC3N(CC)C2=O)cc1.CC.CCCC(CCC)c1ccc(C)cc1. The van der Waals surface area contributed by atoms with Gasteiger partial charge in [-0.15, -0.1) is 0 Å². The minimum absolute atomic E-state index is 0.0184. The van der Waals surface area contributed by atoms with Crippen LogP contribution in [0.25, 0.3) is 11.1 Å². The molecule has 1 amide bonds. The van der Waals surface area contributed by atoms with Gasteiger partial charge < -0.3 is 10.2 Å². The lowest BCUT2D eigenvalue weighted by Crippen LogP contribution is -2.46. The van der Waals surface area contributed by atoms with E-state index in [1.165, 1.54) is 42.4 Å². The fourth-order valence-electron chi connectivity index (χ4n) is 5.50. The lowest BCUT2D eigenvalue weighted by molar-refractivity contribution is -0.126. The monoisotopic (exact) mass is 593 g/mol. The van der Waals surface area contributed by atoms with E-state index in [0.29, 0.717) is 12.1 Å². The zero-order valence-corrected chi connectivity index (χ0v) is 28.7. The minimum atomic E-state index is -0.233. The van der Waals surface area contributed by atoms with E-state index >= 15 is 0 Å². The van der Waals surface area contributed by atoms with Crippen LogP contribution in [0.15, 0.2) is 102 Å². The van der Waals surface area contributed by atoms with Gasteiger partial charge in [-0.1, -0.05) is 125 Å². The summed E-state index contributed by atoms with van der Waals surface area (Å²) in [4.78, 5) is 19.5. The van der Waals surface area contributed by atoms with Crippen LogP contribution in [-0.4, -0.2) is 29.4 Å². The molecule has 2 aromatic carbocycles. The van der Waals surface area contributed by atoms with E-state index in [1.54, 1.807) is 6.08 Å². The molecule has 0 fully saturated rings. The van der Waals surface area contributed by atoms with Crippen LogP contribution < -0.4 is 5.32 Å². The third kappa shape index (κ3) is 9.80. The van der Waals surface area contributed by atoms with Crippen LogP contribution >= 0.6 is 0 Å². The van der Waals surface area contributed by atoms with E-state index in [-0.39, 0.29) is 12.1 Å². The first kappa shape index (κ1) is 36.3. The first-order valence-electron chi connectivity index (χ1n) is 16.4. The van der Waals surface area contributed by atoms with Crippen molar-refractivity contribution in [2.24, 2.45) is 4.99 Å². The summed E-state index contributed by atoms with van der Waals surface area (Å²) < 4.78 is 0. The Morgan fingerprint density at radius 2 is 1.59 bits per heavy atom. The van der Waals surface area contributed by atoms with Crippen molar-refractivity contribution in [3.05, 3.63) is 119 Å². The number of nitrogens with one attached hydrogen (secondary N) is 1. The van der Waals surface area contributed by atoms with E-state index in [4.69, 9.17) is 0 Å². The molecule has 2 aromatic rings. The second-order valence-corrected chi connectivity index (χ2v) is 11.3. The molecular weight excluding hydrogens is 538 g/mol. The van der Waals surface area contributed by atoms with Gasteiger partial charge in [-0.3, -0.25) is 4.79 Å². The molecule has 44 heavy (non-hydrogen) atoms. The molecule has 2 heterocycles. The highest BCUT2D eigenvalue weighted by molar-refractivity contribution is 6.21. The summed E-state index contributed by atoms with van der Waals surface area (Å²) in [6, 6.07) is 17.2. The maximum atomic E-state index is 13.1. The largest absolute Gasteiger partial charge is 0.350 e. The number of amidine groups is 1. The van der Waals surface area contributed by atoms with E-state index in [2.05, 4.69) is 94.0 Å². The van der Waals surface area contributed by atoms with Crippen LogP contribution in [0.4, 0.5) is 0 Å². The Kier molecular flexibility index (Phi) is 15.4. The molecule has 0 radical (unpaired) electrons. The highest BCUT2D eigenvalue weighted by Gasteiger charge is 2.33. The maximum absolute atomic E-state index is 13.1. The Morgan fingerprint density at radius 3 is 2.11 bits per heavy atom. The molecule has 0 saturated heterocycles. The van der Waals surface area contributed by atoms with Crippen molar-refractivity contribution < 1.29 is 4.79 Å². The summed E-state index contributed by atoms with van der Waals surface area (Å²) >= 11 is 0. The Labute approximate surface area is 268 Å². The summed E-state index contributed by atoms with van der Waals surface area (Å²) in [5.41, 5.74) is 9.02. The number of likely N-dealkylation sites (N-methyl/N-ethyl adjacent to an activating group) is 1. The van der Waals surface area contributed by atoms with Crippen molar-refractivity contribution in [1.29, 1.82) is 0 Å². The average Bonchev–Trinajstić information content (AvgIpc) is 3.03. The Balaban J connectivity index is 0.000000355. The molecule has 1 atom stereocenters. The van der Waals surface area contributed by atoms with Crippen LogP contribution in [0, 0.1) is 6.92 Å². The van der Waals surface area contributed by atoms with E-state index in [9.17, 15) is 4.79 Å². The van der Waals surface area contributed by atoms with Gasteiger partial charge in [0.05, 0.1) is 0 Å². The molecule has 0 bridgehead atoms. The third-order valence-corrected chi connectivity index (χ3v) is 7.77. The average molecular weight is 594 g/mol. The summed E-state index contributed by atoms with van der Waals surface area (Å²) in [7, 11) is 0. The van der Waals surface area contributed by atoms with E-state index < -0.39 is 0 Å². The smallest absolute Gasteiger partial charge is 0.256 e. The van der Waals surface area contributed by atoms with Gasteiger partial charge in [0.2, 0.25) is 0 Å². The summed E-state index contributed by atoms with van der Waals surface area (Å²) in [5, 5.41) is 3.15. The zero-order chi connectivity index (χ0) is 32.6. The number of aliphatic imine (C=N–C) groups is 1. The van der Waals surface area contributed by atoms with Gasteiger partial charge in [0, 0.05) is 23.9 Å². The van der Waals surface area contributed by atoms with E-state index in [0.717, 1.165) is 34.0 Å². The first-order valence-corrected chi connectivity index (χ1v) is 16.4. The maximum Gasteiger partial charge on any atom is 0.256 e. The molecule has 1 unspecified atom stereocenters. The van der Waals surface area contributed by atoms with Gasteiger partial charge in [0.25, 0.3) is 5.91 Å². The van der Waals surface area contributed by atoms with Crippen LogP contribution in [0.2, 0.25) is 0 Å². The number of hydrogen-bond donors (Lipinski definition) is 1. The summed E-state index contributed by atoms with van der Waals surface area (Å²) in [6.07, 6.45) is 14.7. The highest BCUT2D eigenvalue weighted by atomic mass is 16.2. The van der Waals surface area contributed by atoms with Gasteiger partial charge in [0.15, 0.2) is 6.17 Å². The molecule has 236 valence electrons. The number of nitrogens with zero attached hydrogens (tertiary/aromatic N) is 2. The second-order valence-electron chi connectivity index (χ2n) is 11.3. The van der Waals surface area contributed by atoms with Gasteiger partial charge in [-0.25, -0.2) is 4.99 Å². The van der Waals surface area contributed by atoms with Crippen LogP contribution in [-0.2, 0) is 4.79 Å². The molecule has 4 rings (SSSR count). The number of hydrogen-bond acceptors (Lipinski definition) is 3. The number of carbonyl (C=O) groups excluding carboxylic acids is 1. The molecular formula is C40H55N3O. The molecule has 2 aliphatic heterocycles. The van der Waals surface area contributed by atoms with Crippen LogP contribution in [0.1, 0.15) is 109 Å². The molecule has 4 heteroatoms. The number of aryl methyl sites for hydroxylation is 1. The van der Waals surface area contributed by atoms with Crippen molar-refractivity contribution in [2.75, 3.05) is 6.54 Å². The predicted octanol–water partition coefficient (Wildman–Crippen LogP) is 10.4. The lowest BCUT2D eigenvalue weighted by atomic mass is 9.90. The van der Waals surface area contributed by atoms with Crippen molar-refractivity contribution in [3.8, 4) is 0 Å². The van der Waals surface area contributed by atoms with Crippen molar-refractivity contribution in [3.63, 3.8) is 0 Å². The normalized spacial score (nSPS) is 15.5. The number of benzene rings is 2. The molecule has 0 spiro atoms. The summed E-state index contributed by atoms with van der Waals surface area (Å²) in [6.45, 7) is 23.1. The number of allylic oxidation sites excluding steroid dienone is 5. The number of carbonyl (C=O) groups is 1. The Bertz CT molecular complexity index is 1360. The Morgan fingerprint density at radius 1 is 0.977 bits per heavy atom. The highest BCUT2D eigenvalue weighted by Crippen LogP contribution is 2.32. The van der Waals surface area contributed by atoms with Gasteiger partial charge in [0.1, 0.15) is 5.84 Å². The van der Waals surface area contributed by atoms with Crippen LogP contribution in [0.3, 0.4) is 0 Å². The minimum Gasteiger partial charge on any atom is -0.350 e. The fourth-order valence-corrected chi connectivity index (χ4v) is 5.50. The van der Waals surface area contributed by atoms with Crippen molar-refractivity contribution in [2.45, 2.75) is 100 Å². The number of fused-ring (bicyclic) bond motifs is 1. The standard InChI is InChI=1S/C24H27N3O.C14H22.C2H6/c1-6-8-9-21(16(3)4)18-10-12-19(13-11-18)22-14-20-15-25-17(5)26-23(20)27(7-2)24(22)28;1-4-6-13(7-5-2)14-10-8-12(3)9-11-14;1-2/h6,8-15,23H,1,7H2,2-5H3,(H,25,26);8-11,13H,4-7H2,1-3H3;1-2H3/b9-8-;;. The number of amides is 1. The fraction of sp³-hybridized carbons (Fsp3) is 0.400. The first-order chi connectivity index (χ1) is 21.2. The van der Waals surface area contributed by atoms with Gasteiger partial charge in [-0.2, -0.15) is 0 Å². The van der Waals surface area contributed by atoms with Crippen molar-refractivity contribution in [1.82, 2.24) is 10.2 Å². The Hall–Kier alpha value is -3.92. The van der Waals surface area contributed by atoms with Gasteiger partial charge in [-0.05, 0) is 81.7 Å². The zero-order valence-electron chi connectivity index (χ0n) is 28.7. The topological polar surface area (TPSA) is 44.7 Å². The predicted molar refractivity (Wildman–Crippen MR) is 193 cm³/mol. The molecule has 4 nitrogen and oxygen atoms in total. The molecule has 0 aromatic heterocycles. The molecule has 0 aliphatic carbocycles. The molecule has 1 N–H and O–H groups in total. The molecule has 0 saturated carbocycles. The lowest BCUT2D eigenvalue weighted by Gasteiger charge is -2.35. The summed E-state index contributed by atoms with van der Waals surface area (Å²) in [5.74, 6) is 1.62. The van der Waals surface area contributed by atoms with Crippen LogP contribution in [0.5, 0.6) is 0 Å². The van der Waals surface area contributed by atoms with Gasteiger partial charge >= 0.3 is 0 Å². The molecule has 2 aliphatic rings. The third-order valence-electron chi connectivity index (χ3n) is 7.77. The second kappa shape index (κ2) is 18.7. The quantitative estimate of drug-likeness (QED) is 0.279.